The normalized spacial score (nSPS) is 13.9. The van der Waals surface area contributed by atoms with Crippen LogP contribution in [0.5, 0.6) is 0 Å². The van der Waals surface area contributed by atoms with E-state index in [2.05, 4.69) is 59.3 Å². The van der Waals surface area contributed by atoms with Gasteiger partial charge < -0.3 is 9.88 Å². The molecule has 0 fully saturated rings. The Morgan fingerprint density at radius 3 is 3.00 bits per heavy atom. The number of aryl methyl sites for hydroxylation is 1. The van der Waals surface area contributed by atoms with Gasteiger partial charge in [-0.25, -0.2) is 0 Å². The molecule has 0 aliphatic carbocycles. The zero-order valence-electron chi connectivity index (χ0n) is 11.7. The van der Waals surface area contributed by atoms with Gasteiger partial charge in [0, 0.05) is 30.5 Å². The van der Waals surface area contributed by atoms with Crippen molar-refractivity contribution >= 4 is 16.6 Å². The van der Waals surface area contributed by atoms with Crippen molar-refractivity contribution < 1.29 is 0 Å². The molecule has 1 aliphatic rings. The predicted molar refractivity (Wildman–Crippen MR) is 84.2 cm³/mol. The van der Waals surface area contributed by atoms with Gasteiger partial charge in [0.25, 0.3) is 0 Å². The Kier molecular flexibility index (Phi) is 2.56. The van der Waals surface area contributed by atoms with E-state index in [0.717, 1.165) is 13.1 Å². The van der Waals surface area contributed by atoms with E-state index in [9.17, 15) is 0 Å². The molecular formula is C18H18N2. The minimum Gasteiger partial charge on any atom is -0.367 e. The van der Waals surface area contributed by atoms with Crippen LogP contribution in [0.4, 0.5) is 5.69 Å². The Morgan fingerprint density at radius 2 is 2.05 bits per heavy atom. The first-order chi connectivity index (χ1) is 9.79. The van der Waals surface area contributed by atoms with E-state index in [1.807, 2.05) is 6.20 Å². The Balaban J connectivity index is 1.65. The molecule has 0 saturated carbocycles. The first-order valence-corrected chi connectivity index (χ1v) is 7.20. The SMILES string of the molecule is Cc1ccc2c(c1)N(Cc1ccc3cc[nH]c3c1)CC2. The fraction of sp³-hybridized carbons (Fsp3) is 0.222. The third kappa shape index (κ3) is 1.88. The molecule has 1 N–H and O–H groups in total. The number of H-pyrrole nitrogens is 1. The van der Waals surface area contributed by atoms with Crippen molar-refractivity contribution in [1.82, 2.24) is 4.98 Å². The molecule has 2 nitrogen and oxygen atoms in total. The van der Waals surface area contributed by atoms with Crippen LogP contribution in [0, 0.1) is 6.92 Å². The Hall–Kier alpha value is -2.22. The summed E-state index contributed by atoms with van der Waals surface area (Å²) in [5, 5.41) is 1.28. The summed E-state index contributed by atoms with van der Waals surface area (Å²) in [6.07, 6.45) is 3.17. The van der Waals surface area contributed by atoms with E-state index in [4.69, 9.17) is 0 Å². The molecular weight excluding hydrogens is 244 g/mol. The molecule has 0 radical (unpaired) electrons. The summed E-state index contributed by atoms with van der Waals surface area (Å²) in [7, 11) is 0. The van der Waals surface area contributed by atoms with Gasteiger partial charge in [-0.2, -0.15) is 0 Å². The summed E-state index contributed by atoms with van der Waals surface area (Å²) in [6, 6.07) is 15.6. The van der Waals surface area contributed by atoms with Gasteiger partial charge in [-0.15, -0.1) is 0 Å². The van der Waals surface area contributed by atoms with Gasteiger partial charge in [-0.3, -0.25) is 0 Å². The van der Waals surface area contributed by atoms with Crippen molar-refractivity contribution in [2.24, 2.45) is 0 Å². The molecule has 2 aromatic carbocycles. The van der Waals surface area contributed by atoms with E-state index in [0.29, 0.717) is 0 Å². The van der Waals surface area contributed by atoms with Crippen LogP contribution >= 0.6 is 0 Å². The highest BCUT2D eigenvalue weighted by atomic mass is 15.1. The minimum absolute atomic E-state index is 0.991. The average Bonchev–Trinajstić information content (AvgIpc) is 3.05. The molecule has 0 atom stereocenters. The van der Waals surface area contributed by atoms with Gasteiger partial charge in [-0.05, 0) is 53.6 Å². The summed E-state index contributed by atoms with van der Waals surface area (Å²) in [5.41, 5.74) is 6.84. The van der Waals surface area contributed by atoms with Crippen molar-refractivity contribution in [1.29, 1.82) is 0 Å². The van der Waals surface area contributed by atoms with Gasteiger partial charge in [0.05, 0.1) is 0 Å². The topological polar surface area (TPSA) is 19.0 Å². The van der Waals surface area contributed by atoms with Gasteiger partial charge in [0.15, 0.2) is 0 Å². The standard InChI is InChI=1S/C18H18N2/c1-13-2-4-16-7-9-20(18(16)10-13)12-14-3-5-15-6-8-19-17(15)11-14/h2-6,8,10-11,19H,7,9,12H2,1H3. The van der Waals surface area contributed by atoms with E-state index < -0.39 is 0 Å². The lowest BCUT2D eigenvalue weighted by molar-refractivity contribution is 0.836. The van der Waals surface area contributed by atoms with Crippen molar-refractivity contribution in [3.63, 3.8) is 0 Å². The maximum Gasteiger partial charge on any atom is 0.0457 e. The lowest BCUT2D eigenvalue weighted by atomic mass is 10.1. The second kappa shape index (κ2) is 4.41. The number of benzene rings is 2. The fourth-order valence-corrected chi connectivity index (χ4v) is 3.13. The Bertz CT molecular complexity index is 770. The van der Waals surface area contributed by atoms with Crippen LogP contribution in [0.1, 0.15) is 16.7 Å². The van der Waals surface area contributed by atoms with E-state index in [1.54, 1.807) is 0 Å². The second-order valence-corrected chi connectivity index (χ2v) is 5.70. The summed E-state index contributed by atoms with van der Waals surface area (Å²) >= 11 is 0. The highest BCUT2D eigenvalue weighted by molar-refractivity contribution is 5.80. The highest BCUT2D eigenvalue weighted by Gasteiger charge is 2.18. The molecule has 2 heteroatoms. The van der Waals surface area contributed by atoms with Gasteiger partial charge in [0.1, 0.15) is 0 Å². The first-order valence-electron chi connectivity index (χ1n) is 7.20. The van der Waals surface area contributed by atoms with E-state index in [-0.39, 0.29) is 0 Å². The summed E-state index contributed by atoms with van der Waals surface area (Å²) in [5.74, 6) is 0. The van der Waals surface area contributed by atoms with Crippen LogP contribution in [-0.4, -0.2) is 11.5 Å². The van der Waals surface area contributed by atoms with Crippen molar-refractivity contribution in [3.05, 3.63) is 65.4 Å². The minimum atomic E-state index is 0.991. The van der Waals surface area contributed by atoms with Crippen LogP contribution in [0.2, 0.25) is 0 Å². The largest absolute Gasteiger partial charge is 0.367 e. The quantitative estimate of drug-likeness (QED) is 0.738. The van der Waals surface area contributed by atoms with Crippen molar-refractivity contribution in [2.75, 3.05) is 11.4 Å². The van der Waals surface area contributed by atoms with Gasteiger partial charge in [-0.1, -0.05) is 24.3 Å². The molecule has 1 aromatic heterocycles. The number of aromatic nitrogens is 1. The fourth-order valence-electron chi connectivity index (χ4n) is 3.13. The number of fused-ring (bicyclic) bond motifs is 2. The molecule has 3 aromatic rings. The lowest BCUT2D eigenvalue weighted by Gasteiger charge is -2.20. The monoisotopic (exact) mass is 262 g/mol. The summed E-state index contributed by atoms with van der Waals surface area (Å²) in [6.45, 7) is 4.29. The third-order valence-electron chi connectivity index (χ3n) is 4.23. The number of nitrogens with zero attached hydrogens (tertiary/aromatic N) is 1. The molecule has 0 unspecified atom stereocenters. The molecule has 2 heterocycles. The van der Waals surface area contributed by atoms with E-state index in [1.165, 1.54) is 39.7 Å². The lowest BCUT2D eigenvalue weighted by Crippen LogP contribution is -2.19. The van der Waals surface area contributed by atoms with Crippen LogP contribution in [0.25, 0.3) is 10.9 Å². The maximum absolute atomic E-state index is 3.29. The molecule has 0 spiro atoms. The number of rotatable bonds is 2. The molecule has 0 amide bonds. The number of anilines is 1. The molecule has 20 heavy (non-hydrogen) atoms. The zero-order valence-corrected chi connectivity index (χ0v) is 11.7. The molecule has 100 valence electrons. The predicted octanol–water partition coefficient (Wildman–Crippen LogP) is 4.04. The molecule has 0 bridgehead atoms. The summed E-state index contributed by atoms with van der Waals surface area (Å²) < 4.78 is 0. The second-order valence-electron chi connectivity index (χ2n) is 5.70. The Labute approximate surface area is 119 Å². The third-order valence-corrected chi connectivity index (χ3v) is 4.23. The number of aromatic amines is 1. The Morgan fingerprint density at radius 1 is 1.10 bits per heavy atom. The number of hydrogen-bond acceptors (Lipinski definition) is 1. The smallest absolute Gasteiger partial charge is 0.0457 e. The maximum atomic E-state index is 3.29. The zero-order chi connectivity index (χ0) is 13.5. The van der Waals surface area contributed by atoms with Crippen LogP contribution < -0.4 is 4.90 Å². The molecule has 0 saturated heterocycles. The van der Waals surface area contributed by atoms with Crippen molar-refractivity contribution in [3.8, 4) is 0 Å². The number of nitrogens with one attached hydrogen (secondary N) is 1. The first kappa shape index (κ1) is 11.6. The average molecular weight is 262 g/mol. The van der Waals surface area contributed by atoms with Crippen LogP contribution in [0.3, 0.4) is 0 Å². The van der Waals surface area contributed by atoms with Gasteiger partial charge in [0.2, 0.25) is 0 Å². The number of hydrogen-bond donors (Lipinski definition) is 1. The highest BCUT2D eigenvalue weighted by Crippen LogP contribution is 2.30. The van der Waals surface area contributed by atoms with Crippen molar-refractivity contribution in [2.45, 2.75) is 19.9 Å². The van der Waals surface area contributed by atoms with Crippen LogP contribution in [0.15, 0.2) is 48.7 Å². The molecule has 4 rings (SSSR count). The van der Waals surface area contributed by atoms with E-state index >= 15 is 0 Å². The summed E-state index contributed by atoms with van der Waals surface area (Å²) in [4.78, 5) is 5.79. The van der Waals surface area contributed by atoms with Crippen LogP contribution in [-0.2, 0) is 13.0 Å². The molecule has 1 aliphatic heterocycles. The van der Waals surface area contributed by atoms with Gasteiger partial charge >= 0.3 is 0 Å².